The number of hydrogen-bond donors (Lipinski definition) is 1. The van der Waals surface area contributed by atoms with E-state index in [-0.39, 0.29) is 12.1 Å². The molecule has 0 fully saturated rings. The maximum Gasteiger partial charge on any atom is 0.100 e. The molecule has 0 aliphatic rings. The lowest BCUT2D eigenvalue weighted by molar-refractivity contribution is 0.0221. The smallest absolute Gasteiger partial charge is 0.100 e. The number of aromatic nitrogens is 2. The van der Waals surface area contributed by atoms with Crippen molar-refractivity contribution in [2.45, 2.75) is 32.9 Å². The number of aryl methyl sites for hydroxylation is 1. The van der Waals surface area contributed by atoms with Crippen LogP contribution >= 0.6 is 0 Å². The SMILES string of the molecule is CC(C)COC(c1cnn(C)c1)C(C)N. The van der Waals surface area contributed by atoms with Gasteiger partial charge in [0, 0.05) is 31.5 Å². The summed E-state index contributed by atoms with van der Waals surface area (Å²) in [5, 5.41) is 4.13. The fourth-order valence-electron chi connectivity index (χ4n) is 1.43. The Bertz CT molecular complexity index is 294. The van der Waals surface area contributed by atoms with Gasteiger partial charge in [0.25, 0.3) is 0 Å². The summed E-state index contributed by atoms with van der Waals surface area (Å²) in [6, 6.07) is -0.0204. The van der Waals surface area contributed by atoms with Crippen molar-refractivity contribution >= 4 is 0 Å². The van der Waals surface area contributed by atoms with Crippen molar-refractivity contribution in [3.05, 3.63) is 18.0 Å². The molecule has 1 aromatic heterocycles. The Balaban J connectivity index is 2.66. The average molecular weight is 211 g/mol. The van der Waals surface area contributed by atoms with Crippen LogP contribution in [0.1, 0.15) is 32.4 Å². The van der Waals surface area contributed by atoms with Crippen molar-refractivity contribution in [3.8, 4) is 0 Å². The highest BCUT2D eigenvalue weighted by Gasteiger charge is 2.18. The van der Waals surface area contributed by atoms with Crippen LogP contribution in [0, 0.1) is 5.92 Å². The van der Waals surface area contributed by atoms with E-state index in [1.54, 1.807) is 4.68 Å². The van der Waals surface area contributed by atoms with Crippen LogP contribution in [0.4, 0.5) is 0 Å². The first kappa shape index (κ1) is 12.2. The van der Waals surface area contributed by atoms with Gasteiger partial charge in [0.1, 0.15) is 6.10 Å². The van der Waals surface area contributed by atoms with Crippen molar-refractivity contribution in [3.63, 3.8) is 0 Å². The van der Waals surface area contributed by atoms with E-state index in [0.717, 1.165) is 12.2 Å². The second kappa shape index (κ2) is 5.28. The minimum Gasteiger partial charge on any atom is -0.372 e. The average Bonchev–Trinajstić information content (AvgIpc) is 2.51. The molecule has 0 saturated heterocycles. The Morgan fingerprint density at radius 2 is 2.13 bits per heavy atom. The molecule has 0 spiro atoms. The molecule has 0 aliphatic heterocycles. The van der Waals surface area contributed by atoms with Gasteiger partial charge in [-0.2, -0.15) is 5.10 Å². The number of ether oxygens (including phenoxy) is 1. The molecule has 1 aromatic rings. The van der Waals surface area contributed by atoms with Crippen LogP contribution in [-0.2, 0) is 11.8 Å². The molecule has 0 saturated carbocycles. The summed E-state index contributed by atoms with van der Waals surface area (Å²) in [6.45, 7) is 6.93. The quantitative estimate of drug-likeness (QED) is 0.802. The van der Waals surface area contributed by atoms with Gasteiger partial charge in [-0.05, 0) is 12.8 Å². The van der Waals surface area contributed by atoms with Crippen molar-refractivity contribution in [1.82, 2.24) is 9.78 Å². The van der Waals surface area contributed by atoms with Gasteiger partial charge in [-0.25, -0.2) is 0 Å². The molecule has 1 rings (SSSR count). The van der Waals surface area contributed by atoms with E-state index in [0.29, 0.717) is 5.92 Å². The number of rotatable bonds is 5. The molecule has 0 radical (unpaired) electrons. The van der Waals surface area contributed by atoms with Crippen LogP contribution in [0.2, 0.25) is 0 Å². The minimum atomic E-state index is -0.0545. The van der Waals surface area contributed by atoms with E-state index in [1.165, 1.54) is 0 Å². The van der Waals surface area contributed by atoms with Crippen molar-refractivity contribution in [2.24, 2.45) is 18.7 Å². The Kier molecular flexibility index (Phi) is 4.29. The van der Waals surface area contributed by atoms with E-state index >= 15 is 0 Å². The zero-order valence-corrected chi connectivity index (χ0v) is 9.97. The van der Waals surface area contributed by atoms with Crippen LogP contribution in [0.25, 0.3) is 0 Å². The number of hydrogen-bond acceptors (Lipinski definition) is 3. The number of nitrogens with two attached hydrogens (primary N) is 1. The zero-order valence-electron chi connectivity index (χ0n) is 9.97. The topological polar surface area (TPSA) is 53.1 Å². The monoisotopic (exact) mass is 211 g/mol. The molecule has 2 N–H and O–H groups in total. The second-order valence-electron chi connectivity index (χ2n) is 4.45. The third-order valence-corrected chi connectivity index (χ3v) is 2.14. The molecule has 0 aromatic carbocycles. The zero-order chi connectivity index (χ0) is 11.4. The molecule has 0 aliphatic carbocycles. The van der Waals surface area contributed by atoms with E-state index in [2.05, 4.69) is 18.9 Å². The summed E-state index contributed by atoms with van der Waals surface area (Å²) in [6.07, 6.45) is 3.71. The molecule has 86 valence electrons. The van der Waals surface area contributed by atoms with Crippen LogP contribution in [0.5, 0.6) is 0 Å². The summed E-state index contributed by atoms with van der Waals surface area (Å²) in [5.41, 5.74) is 6.95. The molecule has 2 unspecified atom stereocenters. The van der Waals surface area contributed by atoms with Crippen molar-refractivity contribution in [1.29, 1.82) is 0 Å². The van der Waals surface area contributed by atoms with E-state index in [1.807, 2.05) is 26.4 Å². The largest absolute Gasteiger partial charge is 0.372 e. The van der Waals surface area contributed by atoms with Gasteiger partial charge < -0.3 is 10.5 Å². The molecule has 4 nitrogen and oxygen atoms in total. The fourth-order valence-corrected chi connectivity index (χ4v) is 1.43. The summed E-state index contributed by atoms with van der Waals surface area (Å²) in [5.74, 6) is 0.517. The van der Waals surface area contributed by atoms with Crippen LogP contribution < -0.4 is 5.73 Å². The highest BCUT2D eigenvalue weighted by molar-refractivity contribution is 5.10. The fraction of sp³-hybridized carbons (Fsp3) is 0.727. The minimum absolute atomic E-state index is 0.0204. The standard InChI is InChI=1S/C11H21N3O/c1-8(2)7-15-11(9(3)12)10-5-13-14(4)6-10/h5-6,8-9,11H,7,12H2,1-4H3. The predicted octanol–water partition coefficient (Wildman–Crippen LogP) is 1.48. The Labute approximate surface area is 91.4 Å². The molecule has 0 amide bonds. The molecular weight excluding hydrogens is 190 g/mol. The molecule has 0 bridgehead atoms. The molecule has 15 heavy (non-hydrogen) atoms. The Morgan fingerprint density at radius 3 is 2.53 bits per heavy atom. The highest BCUT2D eigenvalue weighted by atomic mass is 16.5. The lowest BCUT2D eigenvalue weighted by atomic mass is 10.1. The highest BCUT2D eigenvalue weighted by Crippen LogP contribution is 2.20. The Hall–Kier alpha value is -0.870. The van der Waals surface area contributed by atoms with Gasteiger partial charge in [0.05, 0.1) is 6.20 Å². The maximum atomic E-state index is 5.90. The van der Waals surface area contributed by atoms with Gasteiger partial charge in [0.2, 0.25) is 0 Å². The first-order chi connectivity index (χ1) is 7.00. The van der Waals surface area contributed by atoms with Gasteiger partial charge in [-0.1, -0.05) is 13.8 Å². The van der Waals surface area contributed by atoms with Crippen LogP contribution in [0.3, 0.4) is 0 Å². The summed E-state index contributed by atoms with van der Waals surface area (Å²) < 4.78 is 7.55. The molecule has 2 atom stereocenters. The summed E-state index contributed by atoms with van der Waals surface area (Å²) >= 11 is 0. The lowest BCUT2D eigenvalue weighted by Crippen LogP contribution is -2.27. The maximum absolute atomic E-state index is 5.90. The van der Waals surface area contributed by atoms with E-state index in [9.17, 15) is 0 Å². The predicted molar refractivity (Wildman–Crippen MR) is 60.4 cm³/mol. The first-order valence-electron chi connectivity index (χ1n) is 5.36. The molecule has 1 heterocycles. The van der Waals surface area contributed by atoms with Crippen LogP contribution in [-0.4, -0.2) is 22.4 Å². The van der Waals surface area contributed by atoms with Crippen molar-refractivity contribution < 1.29 is 4.74 Å². The van der Waals surface area contributed by atoms with Gasteiger partial charge in [-0.3, -0.25) is 4.68 Å². The second-order valence-corrected chi connectivity index (χ2v) is 4.45. The summed E-state index contributed by atoms with van der Waals surface area (Å²) in [7, 11) is 1.89. The molecule has 4 heteroatoms. The van der Waals surface area contributed by atoms with E-state index in [4.69, 9.17) is 10.5 Å². The Morgan fingerprint density at radius 1 is 1.47 bits per heavy atom. The molecular formula is C11H21N3O. The van der Waals surface area contributed by atoms with E-state index < -0.39 is 0 Å². The first-order valence-corrected chi connectivity index (χ1v) is 5.36. The van der Waals surface area contributed by atoms with Crippen LogP contribution in [0.15, 0.2) is 12.4 Å². The third kappa shape index (κ3) is 3.64. The third-order valence-electron chi connectivity index (χ3n) is 2.14. The summed E-state index contributed by atoms with van der Waals surface area (Å²) in [4.78, 5) is 0. The normalized spacial score (nSPS) is 15.6. The van der Waals surface area contributed by atoms with Gasteiger partial charge in [-0.15, -0.1) is 0 Å². The van der Waals surface area contributed by atoms with Gasteiger partial charge >= 0.3 is 0 Å². The van der Waals surface area contributed by atoms with Gasteiger partial charge in [0.15, 0.2) is 0 Å². The van der Waals surface area contributed by atoms with Crippen molar-refractivity contribution in [2.75, 3.05) is 6.61 Å². The lowest BCUT2D eigenvalue weighted by Gasteiger charge is -2.21. The number of nitrogens with zero attached hydrogens (tertiary/aromatic N) is 2.